The molecule has 0 fully saturated rings. The number of carbonyl (C=O) groups excluding carboxylic acids is 1. The number of benzene rings is 1. The van der Waals surface area contributed by atoms with Crippen molar-refractivity contribution in [2.75, 3.05) is 25.5 Å². The molecule has 0 atom stereocenters. The van der Waals surface area contributed by atoms with Crippen LogP contribution in [0.15, 0.2) is 42.6 Å². The second-order valence-electron chi connectivity index (χ2n) is 6.40. The number of hydrogen-bond donors (Lipinski definition) is 2. The van der Waals surface area contributed by atoms with Crippen molar-refractivity contribution in [1.29, 1.82) is 0 Å². The molecule has 1 aromatic carbocycles. The number of ether oxygens (including phenoxy) is 1. The first kappa shape index (κ1) is 18.8. The predicted molar refractivity (Wildman–Crippen MR) is 101 cm³/mol. The van der Waals surface area contributed by atoms with Gasteiger partial charge in [-0.1, -0.05) is 26.0 Å². The quantitative estimate of drug-likeness (QED) is 0.732. The number of methoxy groups -OCH3 is 1. The molecule has 1 aromatic heterocycles. The Kier molecular flexibility index (Phi) is 7.26. The van der Waals surface area contributed by atoms with Crippen molar-refractivity contribution in [2.45, 2.75) is 26.7 Å². The Bertz CT molecular complexity index is 652. The van der Waals surface area contributed by atoms with Crippen LogP contribution in [0.2, 0.25) is 0 Å². The van der Waals surface area contributed by atoms with Gasteiger partial charge < -0.3 is 15.4 Å². The summed E-state index contributed by atoms with van der Waals surface area (Å²) in [6.45, 7) is 5.87. The number of rotatable bonds is 9. The van der Waals surface area contributed by atoms with Gasteiger partial charge in [0.1, 0.15) is 11.4 Å². The van der Waals surface area contributed by atoms with Crippen LogP contribution in [0, 0.1) is 5.92 Å². The Hall–Kier alpha value is -2.56. The van der Waals surface area contributed by atoms with Gasteiger partial charge in [0.25, 0.3) is 5.91 Å². The third-order valence-corrected chi connectivity index (χ3v) is 3.91. The molecule has 2 rings (SSSR count). The van der Waals surface area contributed by atoms with Gasteiger partial charge in [-0.05, 0) is 48.6 Å². The van der Waals surface area contributed by atoms with Gasteiger partial charge >= 0.3 is 0 Å². The van der Waals surface area contributed by atoms with Crippen molar-refractivity contribution in [2.24, 2.45) is 5.92 Å². The van der Waals surface area contributed by atoms with Crippen LogP contribution in [0.1, 0.15) is 36.3 Å². The molecular formula is C20H27N3O2. The fourth-order valence-electron chi connectivity index (χ4n) is 2.34. The summed E-state index contributed by atoms with van der Waals surface area (Å²) in [4.78, 5) is 16.4. The summed E-state index contributed by atoms with van der Waals surface area (Å²) < 4.78 is 5.13. The molecule has 2 aromatic rings. The SMILES string of the molecule is COc1ccc(CCNC(=O)c2ccc(NCCC(C)C)cn2)cc1. The minimum atomic E-state index is -0.151. The number of anilines is 1. The molecule has 0 saturated carbocycles. The smallest absolute Gasteiger partial charge is 0.269 e. The van der Waals surface area contributed by atoms with Crippen molar-refractivity contribution >= 4 is 11.6 Å². The van der Waals surface area contributed by atoms with Gasteiger partial charge in [0.05, 0.1) is 19.0 Å². The summed E-state index contributed by atoms with van der Waals surface area (Å²) in [5.74, 6) is 1.34. The van der Waals surface area contributed by atoms with E-state index >= 15 is 0 Å². The van der Waals surface area contributed by atoms with Crippen LogP contribution in [-0.2, 0) is 6.42 Å². The Labute approximate surface area is 149 Å². The van der Waals surface area contributed by atoms with Gasteiger partial charge in [0, 0.05) is 13.1 Å². The monoisotopic (exact) mass is 341 g/mol. The second-order valence-corrected chi connectivity index (χ2v) is 6.40. The number of aromatic nitrogens is 1. The van der Waals surface area contributed by atoms with E-state index in [1.54, 1.807) is 19.4 Å². The number of pyridine rings is 1. The second kappa shape index (κ2) is 9.67. The molecule has 0 aliphatic carbocycles. The summed E-state index contributed by atoms with van der Waals surface area (Å²) in [6, 6.07) is 11.5. The lowest BCUT2D eigenvalue weighted by Crippen LogP contribution is -2.26. The molecule has 0 aliphatic rings. The number of carbonyl (C=O) groups is 1. The first-order valence-electron chi connectivity index (χ1n) is 8.69. The van der Waals surface area contributed by atoms with Gasteiger partial charge in [-0.15, -0.1) is 0 Å². The van der Waals surface area contributed by atoms with E-state index in [2.05, 4.69) is 29.5 Å². The topological polar surface area (TPSA) is 63.2 Å². The molecule has 1 amide bonds. The third kappa shape index (κ3) is 6.45. The van der Waals surface area contributed by atoms with Gasteiger partial charge in [-0.2, -0.15) is 0 Å². The lowest BCUT2D eigenvalue weighted by atomic mass is 10.1. The van der Waals surface area contributed by atoms with E-state index in [0.29, 0.717) is 18.2 Å². The van der Waals surface area contributed by atoms with E-state index in [1.165, 1.54) is 0 Å². The van der Waals surface area contributed by atoms with Crippen LogP contribution in [0.25, 0.3) is 0 Å². The lowest BCUT2D eigenvalue weighted by Gasteiger charge is -2.09. The number of nitrogens with one attached hydrogen (secondary N) is 2. The zero-order chi connectivity index (χ0) is 18.1. The highest BCUT2D eigenvalue weighted by molar-refractivity contribution is 5.92. The van der Waals surface area contributed by atoms with Crippen LogP contribution < -0.4 is 15.4 Å². The molecule has 0 radical (unpaired) electrons. The maximum atomic E-state index is 12.1. The standard InChI is InChI=1S/C20H27N3O2/c1-15(2)10-12-21-17-6-9-19(23-14-17)20(24)22-13-11-16-4-7-18(25-3)8-5-16/h4-9,14-15,21H,10-13H2,1-3H3,(H,22,24). The predicted octanol–water partition coefficient (Wildman–Crippen LogP) is 3.52. The zero-order valence-corrected chi connectivity index (χ0v) is 15.2. The van der Waals surface area contributed by atoms with Crippen LogP contribution >= 0.6 is 0 Å². The number of amides is 1. The highest BCUT2D eigenvalue weighted by Crippen LogP contribution is 2.11. The normalized spacial score (nSPS) is 10.6. The van der Waals surface area contributed by atoms with Crippen molar-refractivity contribution in [3.05, 3.63) is 53.9 Å². The summed E-state index contributed by atoms with van der Waals surface area (Å²) in [6.07, 6.45) is 3.58. The van der Waals surface area contributed by atoms with E-state index < -0.39 is 0 Å². The highest BCUT2D eigenvalue weighted by Gasteiger charge is 2.06. The summed E-state index contributed by atoms with van der Waals surface area (Å²) in [7, 11) is 1.65. The minimum Gasteiger partial charge on any atom is -0.497 e. The lowest BCUT2D eigenvalue weighted by molar-refractivity contribution is 0.0949. The maximum Gasteiger partial charge on any atom is 0.269 e. The minimum absolute atomic E-state index is 0.151. The van der Waals surface area contributed by atoms with E-state index in [4.69, 9.17) is 4.74 Å². The van der Waals surface area contributed by atoms with Crippen LogP contribution in [0.3, 0.4) is 0 Å². The molecule has 0 bridgehead atoms. The van der Waals surface area contributed by atoms with E-state index in [9.17, 15) is 4.79 Å². The fraction of sp³-hybridized carbons (Fsp3) is 0.400. The molecule has 0 saturated heterocycles. The molecule has 2 N–H and O–H groups in total. The first-order chi connectivity index (χ1) is 12.1. The van der Waals surface area contributed by atoms with E-state index in [1.807, 2.05) is 30.3 Å². The fourth-order valence-corrected chi connectivity index (χ4v) is 2.34. The molecule has 0 aliphatic heterocycles. The van der Waals surface area contributed by atoms with Gasteiger partial charge in [-0.25, -0.2) is 4.98 Å². The molecule has 0 spiro atoms. The third-order valence-electron chi connectivity index (χ3n) is 3.91. The molecule has 1 heterocycles. The molecule has 0 unspecified atom stereocenters. The van der Waals surface area contributed by atoms with Gasteiger partial charge in [0.2, 0.25) is 0 Å². The average molecular weight is 341 g/mol. The van der Waals surface area contributed by atoms with Crippen molar-refractivity contribution in [3.63, 3.8) is 0 Å². The Morgan fingerprint density at radius 3 is 2.48 bits per heavy atom. The van der Waals surface area contributed by atoms with Gasteiger partial charge in [-0.3, -0.25) is 4.79 Å². The largest absolute Gasteiger partial charge is 0.497 e. The van der Waals surface area contributed by atoms with Gasteiger partial charge in [0.15, 0.2) is 0 Å². The summed E-state index contributed by atoms with van der Waals surface area (Å²) >= 11 is 0. The molecule has 25 heavy (non-hydrogen) atoms. The van der Waals surface area contributed by atoms with Crippen molar-refractivity contribution in [1.82, 2.24) is 10.3 Å². The summed E-state index contributed by atoms with van der Waals surface area (Å²) in [5, 5.41) is 6.21. The summed E-state index contributed by atoms with van der Waals surface area (Å²) in [5.41, 5.74) is 2.53. The first-order valence-corrected chi connectivity index (χ1v) is 8.69. The number of nitrogens with zero attached hydrogens (tertiary/aromatic N) is 1. The Morgan fingerprint density at radius 1 is 1.12 bits per heavy atom. The van der Waals surface area contributed by atoms with Crippen LogP contribution in [0.5, 0.6) is 5.75 Å². The molecular weight excluding hydrogens is 314 g/mol. The molecule has 5 nitrogen and oxygen atoms in total. The van der Waals surface area contributed by atoms with Crippen LogP contribution in [0.4, 0.5) is 5.69 Å². The average Bonchev–Trinajstić information content (AvgIpc) is 2.62. The van der Waals surface area contributed by atoms with E-state index in [-0.39, 0.29) is 5.91 Å². The molecule has 134 valence electrons. The number of hydrogen-bond acceptors (Lipinski definition) is 4. The zero-order valence-electron chi connectivity index (χ0n) is 15.2. The molecule has 5 heteroatoms. The van der Waals surface area contributed by atoms with Crippen LogP contribution in [-0.4, -0.2) is 31.1 Å². The Morgan fingerprint density at radius 2 is 1.88 bits per heavy atom. The maximum absolute atomic E-state index is 12.1. The Balaban J connectivity index is 1.76. The van der Waals surface area contributed by atoms with E-state index in [0.717, 1.165) is 36.4 Å². The highest BCUT2D eigenvalue weighted by atomic mass is 16.5. The van der Waals surface area contributed by atoms with Crippen molar-refractivity contribution in [3.8, 4) is 5.75 Å². The van der Waals surface area contributed by atoms with Crippen molar-refractivity contribution < 1.29 is 9.53 Å².